The number of ketones is 1. The minimum Gasteiger partial charge on any atom is -0.406 e. The first-order chi connectivity index (χ1) is 12.4. The third-order valence-corrected chi connectivity index (χ3v) is 3.61. The zero-order chi connectivity index (χ0) is 21.0. The van der Waals surface area contributed by atoms with Gasteiger partial charge in [0.2, 0.25) is 0 Å². The lowest BCUT2D eigenvalue weighted by Crippen LogP contribution is -2.16. The quantitative estimate of drug-likeness (QED) is 0.466. The molecule has 0 fully saturated rings. The van der Waals surface area contributed by atoms with Crippen LogP contribution >= 0.6 is 15.9 Å². The summed E-state index contributed by atoms with van der Waals surface area (Å²) < 4.78 is 39.7. The van der Waals surface area contributed by atoms with E-state index in [4.69, 9.17) is 0 Å². The molecule has 0 aromatic heterocycles. The summed E-state index contributed by atoms with van der Waals surface area (Å²) in [6, 6.07) is 14.1. The highest BCUT2D eigenvalue weighted by Gasteiger charge is 2.30. The summed E-state index contributed by atoms with van der Waals surface area (Å²) in [6.45, 7) is 10.9. The number of halogens is 4. The molecule has 2 rings (SSSR count). The molecule has 0 atom stereocenters. The molecule has 0 bridgehead atoms. The monoisotopic (exact) mass is 444 g/mol. The van der Waals surface area contributed by atoms with Crippen molar-refractivity contribution in [3.8, 4) is 5.75 Å². The highest BCUT2D eigenvalue weighted by Crippen LogP contribution is 2.22. The Morgan fingerprint density at radius 2 is 1.52 bits per heavy atom. The smallest absolute Gasteiger partial charge is 0.406 e. The molecule has 0 saturated carbocycles. The Labute approximate surface area is 167 Å². The van der Waals surface area contributed by atoms with Gasteiger partial charge in [-0.3, -0.25) is 4.79 Å². The van der Waals surface area contributed by atoms with Gasteiger partial charge in [0.1, 0.15) is 5.75 Å². The van der Waals surface area contributed by atoms with Crippen molar-refractivity contribution < 1.29 is 22.7 Å². The number of hydrogen-bond acceptors (Lipinski definition) is 2. The number of benzene rings is 2. The SMILES string of the molecule is C=CC(C)=O.CC(C)c1ccc(Br)cc1.Cc1ccc(OC(F)(F)F)cc1. The summed E-state index contributed by atoms with van der Waals surface area (Å²) in [4.78, 5) is 9.69. The summed E-state index contributed by atoms with van der Waals surface area (Å²) in [5.41, 5.74) is 2.28. The van der Waals surface area contributed by atoms with Crippen LogP contribution in [0.25, 0.3) is 0 Å². The predicted octanol–water partition coefficient (Wildman–Crippen LogP) is 7.23. The van der Waals surface area contributed by atoms with Crippen LogP contribution < -0.4 is 4.74 Å². The first-order valence-corrected chi connectivity index (χ1v) is 8.94. The van der Waals surface area contributed by atoms with Crippen LogP contribution in [0.5, 0.6) is 5.75 Å². The van der Waals surface area contributed by atoms with Crippen LogP contribution in [0.2, 0.25) is 0 Å². The second-order valence-corrected chi connectivity index (χ2v) is 6.80. The van der Waals surface area contributed by atoms with Gasteiger partial charge in [-0.15, -0.1) is 13.2 Å². The van der Waals surface area contributed by atoms with E-state index in [2.05, 4.69) is 65.4 Å². The Morgan fingerprint density at radius 3 is 1.85 bits per heavy atom. The average Bonchev–Trinajstić information content (AvgIpc) is 2.57. The van der Waals surface area contributed by atoms with Gasteiger partial charge >= 0.3 is 6.36 Å². The number of rotatable bonds is 3. The van der Waals surface area contributed by atoms with Gasteiger partial charge in [-0.1, -0.05) is 66.2 Å². The molecule has 2 nitrogen and oxygen atoms in total. The maximum atomic E-state index is 11.6. The normalized spacial score (nSPS) is 10.1. The van der Waals surface area contributed by atoms with Crippen LogP contribution in [0.15, 0.2) is 65.7 Å². The lowest BCUT2D eigenvalue weighted by molar-refractivity contribution is -0.274. The first kappa shape index (κ1) is 24.9. The molecule has 148 valence electrons. The van der Waals surface area contributed by atoms with Crippen molar-refractivity contribution >= 4 is 21.7 Å². The summed E-state index contributed by atoms with van der Waals surface area (Å²) in [5, 5.41) is 0. The van der Waals surface area contributed by atoms with Crippen LogP contribution in [-0.2, 0) is 4.79 Å². The molecule has 27 heavy (non-hydrogen) atoms. The number of carbonyl (C=O) groups excluding carboxylic acids is 1. The molecule has 0 aliphatic rings. The lowest BCUT2D eigenvalue weighted by atomic mass is 10.0. The molecule has 0 unspecified atom stereocenters. The van der Waals surface area contributed by atoms with Crippen LogP contribution in [0, 0.1) is 6.92 Å². The predicted molar refractivity (Wildman–Crippen MR) is 107 cm³/mol. The van der Waals surface area contributed by atoms with Crippen molar-refractivity contribution in [3.63, 3.8) is 0 Å². The maximum Gasteiger partial charge on any atom is 0.573 e. The molecular formula is C21H24BrF3O2. The fourth-order valence-corrected chi connectivity index (χ4v) is 1.85. The molecule has 0 saturated heterocycles. The van der Waals surface area contributed by atoms with Crippen molar-refractivity contribution in [1.82, 2.24) is 0 Å². The van der Waals surface area contributed by atoms with Crippen LogP contribution in [-0.4, -0.2) is 12.1 Å². The van der Waals surface area contributed by atoms with E-state index in [9.17, 15) is 18.0 Å². The molecule has 0 heterocycles. The Balaban J connectivity index is 0.000000408. The van der Waals surface area contributed by atoms with Crippen molar-refractivity contribution in [1.29, 1.82) is 0 Å². The van der Waals surface area contributed by atoms with E-state index in [0.29, 0.717) is 5.92 Å². The van der Waals surface area contributed by atoms with Gasteiger partial charge in [0.05, 0.1) is 0 Å². The van der Waals surface area contributed by atoms with E-state index in [1.807, 2.05) is 0 Å². The minimum atomic E-state index is -4.60. The molecule has 0 amide bonds. The fraction of sp³-hybridized carbons (Fsp3) is 0.286. The van der Waals surface area contributed by atoms with Gasteiger partial charge in [-0.25, -0.2) is 0 Å². The van der Waals surface area contributed by atoms with Crippen molar-refractivity contribution in [2.75, 3.05) is 0 Å². The largest absolute Gasteiger partial charge is 0.573 e. The summed E-state index contributed by atoms with van der Waals surface area (Å²) in [6.07, 6.45) is -3.32. The topological polar surface area (TPSA) is 26.3 Å². The molecule has 0 aliphatic carbocycles. The van der Waals surface area contributed by atoms with Crippen molar-refractivity contribution in [2.45, 2.75) is 40.0 Å². The van der Waals surface area contributed by atoms with E-state index in [1.54, 1.807) is 19.1 Å². The number of carbonyl (C=O) groups is 1. The van der Waals surface area contributed by atoms with Gasteiger partial charge in [0, 0.05) is 4.47 Å². The number of hydrogen-bond donors (Lipinski definition) is 0. The zero-order valence-corrected chi connectivity index (χ0v) is 17.4. The average molecular weight is 445 g/mol. The van der Waals surface area contributed by atoms with E-state index in [1.165, 1.54) is 30.7 Å². The summed E-state index contributed by atoms with van der Waals surface area (Å²) in [5.74, 6) is 0.464. The number of aryl methyl sites for hydroxylation is 1. The maximum absolute atomic E-state index is 11.6. The summed E-state index contributed by atoms with van der Waals surface area (Å²) in [7, 11) is 0. The first-order valence-electron chi connectivity index (χ1n) is 8.15. The molecule has 6 heteroatoms. The third kappa shape index (κ3) is 13.7. The van der Waals surface area contributed by atoms with E-state index in [-0.39, 0.29) is 11.5 Å². The van der Waals surface area contributed by atoms with E-state index in [0.717, 1.165) is 10.0 Å². The molecule has 0 spiro atoms. The van der Waals surface area contributed by atoms with E-state index < -0.39 is 6.36 Å². The highest BCUT2D eigenvalue weighted by molar-refractivity contribution is 9.10. The number of allylic oxidation sites excluding steroid dienone is 1. The Hall–Kier alpha value is -2.08. The number of alkyl halides is 3. The molecule has 0 N–H and O–H groups in total. The molecular weight excluding hydrogens is 421 g/mol. The Morgan fingerprint density at radius 1 is 1.07 bits per heavy atom. The Bertz CT molecular complexity index is 691. The second-order valence-electron chi connectivity index (χ2n) is 5.88. The van der Waals surface area contributed by atoms with Crippen molar-refractivity contribution in [2.24, 2.45) is 0 Å². The second kappa shape index (κ2) is 12.3. The molecule has 2 aromatic carbocycles. The molecule has 2 aromatic rings. The third-order valence-electron chi connectivity index (χ3n) is 3.08. The lowest BCUT2D eigenvalue weighted by Gasteiger charge is -2.08. The van der Waals surface area contributed by atoms with Crippen LogP contribution in [0.1, 0.15) is 37.8 Å². The highest BCUT2D eigenvalue weighted by atomic mass is 79.9. The minimum absolute atomic E-state index is 0.0185. The molecule has 0 aliphatic heterocycles. The van der Waals surface area contributed by atoms with Crippen molar-refractivity contribution in [3.05, 3.63) is 76.8 Å². The van der Waals surface area contributed by atoms with Crippen LogP contribution in [0.3, 0.4) is 0 Å². The van der Waals surface area contributed by atoms with Gasteiger partial charge in [-0.05, 0) is 55.7 Å². The van der Waals surface area contributed by atoms with Gasteiger partial charge in [0.25, 0.3) is 0 Å². The number of ether oxygens (including phenoxy) is 1. The Kier molecular flexibility index (Phi) is 11.4. The van der Waals surface area contributed by atoms with Gasteiger partial charge in [0.15, 0.2) is 5.78 Å². The van der Waals surface area contributed by atoms with Gasteiger partial charge < -0.3 is 4.74 Å². The standard InChI is InChI=1S/C9H11Br.C8H7F3O.C4H6O/c1-7(2)8-3-5-9(10)6-4-8;1-6-2-4-7(5-3-6)12-8(9,10)11;1-3-4(2)5/h3-7H,1-2H3;2-5H,1H3;3H,1H2,2H3. The van der Waals surface area contributed by atoms with E-state index >= 15 is 0 Å². The zero-order valence-electron chi connectivity index (χ0n) is 15.8. The fourth-order valence-electron chi connectivity index (χ4n) is 1.59. The van der Waals surface area contributed by atoms with Crippen LogP contribution in [0.4, 0.5) is 13.2 Å². The molecule has 0 radical (unpaired) electrons. The summed E-state index contributed by atoms with van der Waals surface area (Å²) >= 11 is 3.39. The van der Waals surface area contributed by atoms with Gasteiger partial charge in [-0.2, -0.15) is 0 Å².